The smallest absolute Gasteiger partial charge is 0.327 e. The summed E-state index contributed by atoms with van der Waals surface area (Å²) in [6.07, 6.45) is 3.66. The SMILES string of the molecule is COc1ccc(CN2C(=O)C3CC(CNC(C)=O)CCC3N(C3CCN(C=O)C3)C2=O)cc1OC. The van der Waals surface area contributed by atoms with E-state index in [2.05, 4.69) is 5.32 Å². The molecule has 1 saturated carbocycles. The van der Waals surface area contributed by atoms with Crippen LogP contribution < -0.4 is 14.8 Å². The van der Waals surface area contributed by atoms with Gasteiger partial charge in [0.2, 0.25) is 18.2 Å². The molecule has 2 heterocycles. The van der Waals surface area contributed by atoms with Crippen LogP contribution in [0.15, 0.2) is 18.2 Å². The minimum atomic E-state index is -0.342. The standard InChI is InChI=1S/C25H34N4O6/c1-16(31)26-12-17-4-6-21-20(10-17)24(32)28(13-18-5-7-22(34-2)23(11-18)35-3)25(33)29(21)19-8-9-27(14-19)15-30/h5,7,11,15,17,19-21H,4,6,8-10,12-14H2,1-3H3,(H,26,31). The number of urea groups is 1. The fourth-order valence-corrected chi connectivity index (χ4v) is 5.71. The van der Waals surface area contributed by atoms with E-state index in [4.69, 9.17) is 9.47 Å². The topological polar surface area (TPSA) is 108 Å². The normalized spacial score (nSPS) is 26.4. The van der Waals surface area contributed by atoms with E-state index in [0.717, 1.165) is 18.4 Å². The minimum Gasteiger partial charge on any atom is -0.493 e. The van der Waals surface area contributed by atoms with Gasteiger partial charge >= 0.3 is 6.03 Å². The first-order valence-corrected chi connectivity index (χ1v) is 12.1. The Morgan fingerprint density at radius 1 is 1.14 bits per heavy atom. The van der Waals surface area contributed by atoms with E-state index < -0.39 is 0 Å². The first-order valence-electron chi connectivity index (χ1n) is 12.1. The van der Waals surface area contributed by atoms with Gasteiger partial charge in [0, 0.05) is 32.6 Å². The van der Waals surface area contributed by atoms with Crippen molar-refractivity contribution in [1.82, 2.24) is 20.0 Å². The van der Waals surface area contributed by atoms with Crippen molar-refractivity contribution in [3.05, 3.63) is 23.8 Å². The second-order valence-corrected chi connectivity index (χ2v) is 9.64. The first-order chi connectivity index (χ1) is 16.9. The van der Waals surface area contributed by atoms with Crippen LogP contribution in [0.5, 0.6) is 11.5 Å². The van der Waals surface area contributed by atoms with Crippen molar-refractivity contribution in [3.63, 3.8) is 0 Å². The van der Waals surface area contributed by atoms with Gasteiger partial charge in [0.15, 0.2) is 11.5 Å². The number of nitrogens with zero attached hydrogens (tertiary/aromatic N) is 3. The van der Waals surface area contributed by atoms with Gasteiger partial charge in [-0.05, 0) is 49.3 Å². The van der Waals surface area contributed by atoms with Crippen LogP contribution in [-0.4, -0.2) is 84.9 Å². The number of fused-ring (bicyclic) bond motifs is 1. The lowest BCUT2D eigenvalue weighted by molar-refractivity contribution is -0.143. The van der Waals surface area contributed by atoms with Gasteiger partial charge in [0.05, 0.1) is 32.7 Å². The van der Waals surface area contributed by atoms with Crippen LogP contribution in [0.2, 0.25) is 0 Å². The van der Waals surface area contributed by atoms with Crippen LogP contribution in [0, 0.1) is 11.8 Å². The Bertz CT molecular complexity index is 985. The Morgan fingerprint density at radius 3 is 2.57 bits per heavy atom. The third-order valence-electron chi connectivity index (χ3n) is 7.48. The first kappa shape index (κ1) is 24.8. The Hall–Kier alpha value is -3.30. The molecule has 4 atom stereocenters. The van der Waals surface area contributed by atoms with Gasteiger partial charge < -0.3 is 24.6 Å². The fraction of sp³-hybridized carbons (Fsp3) is 0.600. The summed E-state index contributed by atoms with van der Waals surface area (Å²) in [7, 11) is 3.10. The summed E-state index contributed by atoms with van der Waals surface area (Å²) in [6.45, 7) is 3.22. The highest BCUT2D eigenvalue weighted by atomic mass is 16.5. The van der Waals surface area contributed by atoms with Crippen LogP contribution in [0.1, 0.15) is 38.2 Å². The Balaban J connectivity index is 1.61. The third kappa shape index (κ3) is 5.06. The molecule has 0 aromatic heterocycles. The van der Waals surface area contributed by atoms with E-state index in [-0.39, 0.29) is 48.3 Å². The summed E-state index contributed by atoms with van der Waals surface area (Å²) in [5, 5.41) is 2.87. The molecule has 0 bridgehead atoms. The molecule has 2 aliphatic heterocycles. The van der Waals surface area contributed by atoms with Gasteiger partial charge in [-0.1, -0.05) is 6.07 Å². The van der Waals surface area contributed by atoms with Crippen molar-refractivity contribution in [2.75, 3.05) is 33.9 Å². The van der Waals surface area contributed by atoms with Crippen molar-refractivity contribution < 1.29 is 28.7 Å². The van der Waals surface area contributed by atoms with E-state index in [9.17, 15) is 19.2 Å². The molecule has 4 rings (SSSR count). The van der Waals surface area contributed by atoms with Crippen LogP contribution >= 0.6 is 0 Å². The second kappa shape index (κ2) is 10.5. The number of benzene rings is 1. The highest BCUT2D eigenvalue weighted by Crippen LogP contribution is 2.40. The molecule has 35 heavy (non-hydrogen) atoms. The molecular weight excluding hydrogens is 452 g/mol. The quantitative estimate of drug-likeness (QED) is 0.560. The predicted molar refractivity (Wildman–Crippen MR) is 127 cm³/mol. The van der Waals surface area contributed by atoms with Gasteiger partial charge in [-0.3, -0.25) is 19.3 Å². The number of methoxy groups -OCH3 is 2. The number of imide groups is 1. The van der Waals surface area contributed by atoms with Gasteiger partial charge in [0.25, 0.3) is 0 Å². The van der Waals surface area contributed by atoms with E-state index in [1.807, 2.05) is 11.0 Å². The summed E-state index contributed by atoms with van der Waals surface area (Å²) in [6, 6.07) is 4.75. The lowest BCUT2D eigenvalue weighted by Gasteiger charge is -2.50. The van der Waals surface area contributed by atoms with Crippen molar-refractivity contribution >= 4 is 24.3 Å². The molecule has 5 amide bonds. The number of ether oxygens (including phenoxy) is 2. The van der Waals surface area contributed by atoms with Gasteiger partial charge in [-0.25, -0.2) is 4.79 Å². The molecule has 1 aromatic rings. The van der Waals surface area contributed by atoms with E-state index >= 15 is 0 Å². The van der Waals surface area contributed by atoms with E-state index in [1.165, 1.54) is 11.8 Å². The molecule has 0 spiro atoms. The highest BCUT2D eigenvalue weighted by molar-refractivity contribution is 5.99. The monoisotopic (exact) mass is 486 g/mol. The Morgan fingerprint density at radius 2 is 1.91 bits per heavy atom. The molecule has 1 aliphatic carbocycles. The number of rotatable bonds is 8. The lowest BCUT2D eigenvalue weighted by Crippen LogP contribution is -2.65. The number of carbonyl (C=O) groups is 4. The van der Waals surface area contributed by atoms with Crippen LogP contribution in [0.3, 0.4) is 0 Å². The zero-order valence-corrected chi connectivity index (χ0v) is 20.6. The molecule has 1 aromatic carbocycles. The number of nitrogens with one attached hydrogen (secondary N) is 1. The number of likely N-dealkylation sites (tertiary alicyclic amines) is 1. The van der Waals surface area contributed by atoms with Crippen LogP contribution in [-0.2, 0) is 20.9 Å². The minimum absolute atomic E-state index is 0.0890. The molecule has 3 fully saturated rings. The third-order valence-corrected chi connectivity index (χ3v) is 7.48. The van der Waals surface area contributed by atoms with Crippen molar-refractivity contribution in [2.45, 2.75) is 51.2 Å². The van der Waals surface area contributed by atoms with Crippen molar-refractivity contribution in [3.8, 4) is 11.5 Å². The van der Waals surface area contributed by atoms with Crippen LogP contribution in [0.4, 0.5) is 4.79 Å². The lowest BCUT2D eigenvalue weighted by atomic mass is 9.75. The summed E-state index contributed by atoms with van der Waals surface area (Å²) in [5.74, 6) is 0.671. The van der Waals surface area contributed by atoms with E-state index in [0.29, 0.717) is 50.4 Å². The Labute approximate surface area is 205 Å². The maximum atomic E-state index is 13.8. The number of amides is 5. The van der Waals surface area contributed by atoms with E-state index in [1.54, 1.807) is 31.3 Å². The van der Waals surface area contributed by atoms with Crippen molar-refractivity contribution in [2.24, 2.45) is 11.8 Å². The zero-order chi connectivity index (χ0) is 25.1. The summed E-state index contributed by atoms with van der Waals surface area (Å²) < 4.78 is 10.7. The summed E-state index contributed by atoms with van der Waals surface area (Å²) in [4.78, 5) is 55.1. The fourth-order valence-electron chi connectivity index (χ4n) is 5.71. The van der Waals surface area contributed by atoms with Gasteiger partial charge in [-0.2, -0.15) is 0 Å². The molecule has 10 nitrogen and oxygen atoms in total. The maximum absolute atomic E-state index is 13.8. The Kier molecular flexibility index (Phi) is 7.47. The van der Waals surface area contributed by atoms with Gasteiger partial charge in [-0.15, -0.1) is 0 Å². The molecule has 190 valence electrons. The molecule has 4 unspecified atom stereocenters. The second-order valence-electron chi connectivity index (χ2n) is 9.64. The predicted octanol–water partition coefficient (Wildman–Crippen LogP) is 1.62. The average Bonchev–Trinajstić information content (AvgIpc) is 3.34. The molecular formula is C25H34N4O6. The molecule has 1 N–H and O–H groups in total. The number of carbonyl (C=O) groups excluding carboxylic acids is 4. The summed E-state index contributed by atoms with van der Waals surface area (Å²) in [5.41, 5.74) is 0.759. The number of hydrogen-bond acceptors (Lipinski definition) is 6. The zero-order valence-electron chi connectivity index (χ0n) is 20.6. The number of hydrogen-bond donors (Lipinski definition) is 1. The molecule has 2 saturated heterocycles. The molecule has 0 radical (unpaired) electrons. The maximum Gasteiger partial charge on any atom is 0.327 e. The van der Waals surface area contributed by atoms with Gasteiger partial charge in [0.1, 0.15) is 0 Å². The largest absolute Gasteiger partial charge is 0.493 e. The van der Waals surface area contributed by atoms with Crippen LogP contribution in [0.25, 0.3) is 0 Å². The summed E-state index contributed by atoms with van der Waals surface area (Å²) >= 11 is 0. The highest BCUT2D eigenvalue weighted by Gasteiger charge is 2.51. The average molecular weight is 487 g/mol. The van der Waals surface area contributed by atoms with Crippen molar-refractivity contribution in [1.29, 1.82) is 0 Å². The molecule has 3 aliphatic rings. The molecule has 10 heteroatoms.